The molecule has 0 saturated carbocycles. The maximum atomic E-state index is 12.4. The molecular formula is C26H28N2O3. The second-order valence-electron chi connectivity index (χ2n) is 8.86. The molecule has 1 saturated heterocycles. The Labute approximate surface area is 182 Å². The van der Waals surface area contributed by atoms with Crippen molar-refractivity contribution in [3.8, 4) is 0 Å². The number of carbonyl (C=O) groups excluding carboxylic acids is 1. The predicted octanol–water partition coefficient (Wildman–Crippen LogP) is 3.89. The van der Waals surface area contributed by atoms with Crippen LogP contribution in [0.15, 0.2) is 63.8 Å². The van der Waals surface area contributed by atoms with Crippen LogP contribution in [-0.4, -0.2) is 37.0 Å². The molecule has 0 radical (unpaired) electrons. The molecule has 5 nitrogen and oxygen atoms in total. The lowest BCUT2D eigenvalue weighted by molar-refractivity contribution is 0.0922. The minimum Gasteiger partial charge on any atom is -0.451 e. The summed E-state index contributed by atoms with van der Waals surface area (Å²) in [6.45, 7) is 3.77. The van der Waals surface area contributed by atoms with Gasteiger partial charge in [-0.15, -0.1) is 0 Å². The lowest BCUT2D eigenvalue weighted by atomic mass is 9.74. The number of aryl methyl sites for hydroxylation is 1. The summed E-state index contributed by atoms with van der Waals surface area (Å²) in [6.07, 6.45) is 5.82. The van der Waals surface area contributed by atoms with Gasteiger partial charge in [0, 0.05) is 12.6 Å². The van der Waals surface area contributed by atoms with E-state index in [4.69, 9.17) is 4.42 Å². The van der Waals surface area contributed by atoms with Crippen molar-refractivity contribution < 1.29 is 9.21 Å². The minimum atomic E-state index is -0.331. The Hall–Kier alpha value is -2.92. The number of nitrogens with one attached hydrogen (secondary N) is 1. The number of hydrogen-bond donors (Lipinski definition) is 1. The standard InChI is InChI=1S/C26H28N2O3/c29-22-18-24(31-23-9-4-2-7-20(22)23)25(30)27-14-5-15-28-16-12-26(13-17-28)11-10-19-6-1-3-8-21(19)26/h1-4,6-9,18H,5,10-17H2,(H,27,30). The van der Waals surface area contributed by atoms with Gasteiger partial charge in [-0.1, -0.05) is 36.4 Å². The van der Waals surface area contributed by atoms with Crippen molar-refractivity contribution in [3.63, 3.8) is 0 Å². The number of nitrogens with zero attached hydrogens (tertiary/aromatic N) is 1. The molecule has 1 fully saturated rings. The maximum Gasteiger partial charge on any atom is 0.287 e. The number of benzene rings is 2. The number of piperidine rings is 1. The molecule has 1 aliphatic carbocycles. The first-order chi connectivity index (χ1) is 15.1. The SMILES string of the molecule is O=C(NCCCN1CCC2(CCc3ccccc32)CC1)c1cc(=O)c2ccccc2o1. The lowest BCUT2D eigenvalue weighted by Crippen LogP contribution is -2.42. The molecule has 1 aliphatic heterocycles. The van der Waals surface area contributed by atoms with Gasteiger partial charge in [0.2, 0.25) is 0 Å². The van der Waals surface area contributed by atoms with Crippen molar-refractivity contribution in [2.75, 3.05) is 26.2 Å². The summed E-state index contributed by atoms with van der Waals surface area (Å²) in [5, 5.41) is 3.39. The van der Waals surface area contributed by atoms with Gasteiger partial charge in [-0.05, 0) is 80.4 Å². The summed E-state index contributed by atoms with van der Waals surface area (Å²) >= 11 is 0. The van der Waals surface area contributed by atoms with Crippen molar-refractivity contribution in [2.45, 2.75) is 37.5 Å². The Morgan fingerprint density at radius 1 is 1.03 bits per heavy atom. The van der Waals surface area contributed by atoms with E-state index in [9.17, 15) is 9.59 Å². The van der Waals surface area contributed by atoms with Gasteiger partial charge in [-0.2, -0.15) is 0 Å². The van der Waals surface area contributed by atoms with E-state index in [0.717, 1.165) is 26.1 Å². The van der Waals surface area contributed by atoms with Crippen LogP contribution in [0.3, 0.4) is 0 Å². The van der Waals surface area contributed by atoms with Crippen LogP contribution in [0, 0.1) is 0 Å². The molecule has 0 unspecified atom stereocenters. The number of likely N-dealkylation sites (tertiary alicyclic amines) is 1. The third kappa shape index (κ3) is 3.90. The summed E-state index contributed by atoms with van der Waals surface area (Å²) in [7, 11) is 0. The highest BCUT2D eigenvalue weighted by Gasteiger charge is 2.40. The van der Waals surface area contributed by atoms with Crippen molar-refractivity contribution >= 4 is 16.9 Å². The molecule has 1 N–H and O–H groups in total. The average Bonchev–Trinajstić information content (AvgIpc) is 3.16. The van der Waals surface area contributed by atoms with E-state index in [1.165, 1.54) is 31.7 Å². The third-order valence-electron chi connectivity index (χ3n) is 7.07. The van der Waals surface area contributed by atoms with Gasteiger partial charge in [-0.25, -0.2) is 0 Å². The van der Waals surface area contributed by atoms with Crippen LogP contribution in [-0.2, 0) is 11.8 Å². The molecule has 0 bridgehead atoms. The molecular weight excluding hydrogens is 388 g/mol. The number of para-hydroxylation sites is 1. The normalized spacial score (nSPS) is 17.7. The third-order valence-corrected chi connectivity index (χ3v) is 7.07. The monoisotopic (exact) mass is 416 g/mol. The Morgan fingerprint density at radius 3 is 2.68 bits per heavy atom. The lowest BCUT2D eigenvalue weighted by Gasteiger charge is -2.40. The number of hydrogen-bond acceptors (Lipinski definition) is 4. The van der Waals surface area contributed by atoms with E-state index >= 15 is 0 Å². The van der Waals surface area contributed by atoms with Crippen molar-refractivity contribution in [1.82, 2.24) is 10.2 Å². The summed E-state index contributed by atoms with van der Waals surface area (Å²) in [4.78, 5) is 27.1. The number of amides is 1. The number of rotatable bonds is 5. The second-order valence-corrected chi connectivity index (χ2v) is 8.86. The highest BCUT2D eigenvalue weighted by Crippen LogP contribution is 2.46. The van der Waals surface area contributed by atoms with Crippen molar-refractivity contribution in [3.05, 3.63) is 81.7 Å². The van der Waals surface area contributed by atoms with Gasteiger partial charge < -0.3 is 14.6 Å². The van der Waals surface area contributed by atoms with Gasteiger partial charge >= 0.3 is 0 Å². The van der Waals surface area contributed by atoms with Crippen molar-refractivity contribution in [2.24, 2.45) is 0 Å². The van der Waals surface area contributed by atoms with Crippen LogP contribution >= 0.6 is 0 Å². The Balaban J connectivity index is 1.11. The zero-order valence-corrected chi connectivity index (χ0v) is 17.7. The summed E-state index contributed by atoms with van der Waals surface area (Å²) in [5.74, 6) is -0.258. The summed E-state index contributed by atoms with van der Waals surface area (Å²) in [6, 6.07) is 17.2. The number of carbonyl (C=O) groups is 1. The zero-order chi connectivity index (χ0) is 21.3. The molecule has 3 aromatic rings. The van der Waals surface area contributed by atoms with Crippen LogP contribution in [0.25, 0.3) is 11.0 Å². The smallest absolute Gasteiger partial charge is 0.287 e. The van der Waals surface area contributed by atoms with Gasteiger partial charge in [0.1, 0.15) is 5.58 Å². The van der Waals surface area contributed by atoms with Crippen LogP contribution in [0.5, 0.6) is 0 Å². The highest BCUT2D eigenvalue weighted by atomic mass is 16.3. The Bertz CT molecular complexity index is 1160. The highest BCUT2D eigenvalue weighted by molar-refractivity contribution is 5.93. The molecule has 2 aromatic carbocycles. The van der Waals surface area contributed by atoms with Crippen LogP contribution in [0.4, 0.5) is 0 Å². The molecule has 31 heavy (non-hydrogen) atoms. The first kappa shape index (κ1) is 20.0. The molecule has 1 spiro atoms. The maximum absolute atomic E-state index is 12.4. The van der Waals surface area contributed by atoms with E-state index in [1.807, 2.05) is 0 Å². The fourth-order valence-electron chi connectivity index (χ4n) is 5.30. The first-order valence-electron chi connectivity index (χ1n) is 11.3. The van der Waals surface area contributed by atoms with E-state index in [0.29, 0.717) is 22.9 Å². The van der Waals surface area contributed by atoms with Gasteiger partial charge in [0.25, 0.3) is 5.91 Å². The van der Waals surface area contributed by atoms with E-state index < -0.39 is 0 Å². The molecule has 160 valence electrons. The van der Waals surface area contributed by atoms with Crippen LogP contribution < -0.4 is 10.7 Å². The largest absolute Gasteiger partial charge is 0.451 e. The van der Waals surface area contributed by atoms with E-state index in [-0.39, 0.29) is 17.1 Å². The van der Waals surface area contributed by atoms with Crippen LogP contribution in [0.2, 0.25) is 0 Å². The predicted molar refractivity (Wildman–Crippen MR) is 122 cm³/mol. The summed E-state index contributed by atoms with van der Waals surface area (Å²) in [5.41, 5.74) is 3.76. The average molecular weight is 417 g/mol. The first-order valence-corrected chi connectivity index (χ1v) is 11.3. The fraction of sp³-hybridized carbons (Fsp3) is 0.385. The van der Waals surface area contributed by atoms with Gasteiger partial charge in [0.05, 0.1) is 5.39 Å². The number of fused-ring (bicyclic) bond motifs is 3. The molecule has 2 aliphatic rings. The quantitative estimate of drug-likeness (QED) is 0.641. The summed E-state index contributed by atoms with van der Waals surface area (Å²) < 4.78 is 5.61. The van der Waals surface area contributed by atoms with E-state index in [1.54, 1.807) is 35.4 Å². The molecule has 5 heteroatoms. The Morgan fingerprint density at radius 2 is 1.81 bits per heavy atom. The zero-order valence-electron chi connectivity index (χ0n) is 17.7. The van der Waals surface area contributed by atoms with Gasteiger partial charge in [-0.3, -0.25) is 9.59 Å². The molecule has 2 heterocycles. The van der Waals surface area contributed by atoms with Crippen molar-refractivity contribution in [1.29, 1.82) is 0 Å². The minimum absolute atomic E-state index is 0.0727. The molecule has 1 aromatic heterocycles. The molecule has 5 rings (SSSR count). The fourth-order valence-corrected chi connectivity index (χ4v) is 5.30. The van der Waals surface area contributed by atoms with E-state index in [2.05, 4.69) is 34.5 Å². The second kappa shape index (κ2) is 8.31. The molecule has 0 atom stereocenters. The molecule has 1 amide bonds. The van der Waals surface area contributed by atoms with Crippen LogP contribution in [0.1, 0.15) is 47.4 Å². The van der Waals surface area contributed by atoms with Gasteiger partial charge in [0.15, 0.2) is 11.2 Å². The Kier molecular flexibility index (Phi) is 5.36. The topological polar surface area (TPSA) is 62.6 Å².